The molecule has 0 aromatic rings. The normalized spacial score (nSPS) is 10.5. The molecule has 0 N–H and O–H groups in total. The molecule has 0 spiro atoms. The van der Waals surface area contributed by atoms with Gasteiger partial charge < -0.3 is 0 Å². The first-order valence-corrected chi connectivity index (χ1v) is 4.24. The molecule has 0 saturated carbocycles. The van der Waals surface area contributed by atoms with Crippen LogP contribution < -0.4 is 0 Å². The van der Waals surface area contributed by atoms with E-state index in [1.807, 2.05) is 0 Å². The van der Waals surface area contributed by atoms with Gasteiger partial charge in [0.2, 0.25) is 6.34 Å². The van der Waals surface area contributed by atoms with E-state index in [1.54, 1.807) is 0 Å². The van der Waals surface area contributed by atoms with Gasteiger partial charge in [-0.3, -0.25) is 9.48 Å². The minimum Gasteiger partial charge on any atom is -0.274 e. The zero-order valence-corrected chi connectivity index (χ0v) is 8.63. The summed E-state index contributed by atoms with van der Waals surface area (Å²) in [5.41, 5.74) is 0. The van der Waals surface area contributed by atoms with Gasteiger partial charge in [-0.15, -0.1) is 0 Å². The molecule has 66 valence electrons. The fourth-order valence-corrected chi connectivity index (χ4v) is 1.13. The molecule has 0 fully saturated rings. The topological polar surface area (TPSA) is 6.25 Å². The highest BCUT2D eigenvalue weighted by Crippen LogP contribution is 2.00. The fourth-order valence-electron chi connectivity index (χ4n) is 1.13. The molecule has 0 unspecified atom stereocenters. The number of hydrogen-bond acceptors (Lipinski definition) is 0. The van der Waals surface area contributed by atoms with Crippen LogP contribution in [0.2, 0.25) is 0 Å². The third-order valence-corrected chi connectivity index (χ3v) is 1.56. The van der Waals surface area contributed by atoms with Crippen molar-refractivity contribution < 1.29 is 4.58 Å². The van der Waals surface area contributed by atoms with Crippen LogP contribution in [0.5, 0.6) is 0 Å². The van der Waals surface area contributed by atoms with Gasteiger partial charge in [-0.05, 0) is 27.7 Å². The summed E-state index contributed by atoms with van der Waals surface area (Å²) in [5.74, 6) is 0. The van der Waals surface area contributed by atoms with Crippen LogP contribution in [-0.2, 0) is 0 Å². The van der Waals surface area contributed by atoms with Crippen molar-refractivity contribution in [3.8, 4) is 0 Å². The highest BCUT2D eigenvalue weighted by molar-refractivity contribution is 5.49. The zero-order valence-electron chi connectivity index (χ0n) is 8.63. The second kappa shape index (κ2) is 4.37. The van der Waals surface area contributed by atoms with E-state index in [4.69, 9.17) is 0 Å². The van der Waals surface area contributed by atoms with Crippen molar-refractivity contribution in [1.29, 1.82) is 0 Å². The van der Waals surface area contributed by atoms with Crippen LogP contribution in [0.15, 0.2) is 0 Å². The molecule has 0 atom stereocenters. The van der Waals surface area contributed by atoms with E-state index >= 15 is 0 Å². The molecule has 0 aliphatic rings. The van der Waals surface area contributed by atoms with Crippen molar-refractivity contribution in [2.45, 2.75) is 39.8 Å². The lowest BCUT2D eigenvalue weighted by molar-refractivity contribution is -0.465. The minimum absolute atomic E-state index is 0.581. The van der Waals surface area contributed by atoms with Crippen LogP contribution in [0.4, 0.5) is 0 Å². The second-order valence-corrected chi connectivity index (χ2v) is 3.71. The molecule has 0 saturated heterocycles. The van der Waals surface area contributed by atoms with E-state index in [0.29, 0.717) is 12.1 Å². The summed E-state index contributed by atoms with van der Waals surface area (Å²) in [7, 11) is 4.11. The van der Waals surface area contributed by atoms with Crippen LogP contribution in [-0.4, -0.2) is 42.0 Å². The van der Waals surface area contributed by atoms with Crippen LogP contribution in [0.1, 0.15) is 27.7 Å². The van der Waals surface area contributed by atoms with E-state index in [-0.39, 0.29) is 0 Å². The molecule has 2 heteroatoms. The molecule has 0 amide bonds. The van der Waals surface area contributed by atoms with Crippen molar-refractivity contribution in [2.24, 2.45) is 0 Å². The van der Waals surface area contributed by atoms with Gasteiger partial charge in [-0.2, -0.15) is 0 Å². The number of hydrogen-bond donors (Lipinski definition) is 0. The third kappa shape index (κ3) is 4.02. The van der Waals surface area contributed by atoms with Crippen molar-refractivity contribution in [2.75, 3.05) is 14.1 Å². The Morgan fingerprint density at radius 2 is 1.36 bits per heavy atom. The molecule has 11 heavy (non-hydrogen) atoms. The summed E-state index contributed by atoms with van der Waals surface area (Å²) < 4.78 is 2.08. The Balaban J connectivity index is 4.24. The fraction of sp³-hybridized carbons (Fsp3) is 0.889. The summed E-state index contributed by atoms with van der Waals surface area (Å²) in [5, 5.41) is 0. The maximum Gasteiger partial charge on any atom is 0.234 e. The Bertz CT molecular complexity index is 124. The van der Waals surface area contributed by atoms with E-state index < -0.39 is 0 Å². The summed E-state index contributed by atoms with van der Waals surface area (Å²) in [6.07, 6.45) is 2.15. The lowest BCUT2D eigenvalue weighted by Crippen LogP contribution is -2.38. The minimum atomic E-state index is 0.581. The van der Waals surface area contributed by atoms with Gasteiger partial charge in [0.1, 0.15) is 0 Å². The van der Waals surface area contributed by atoms with Crippen molar-refractivity contribution in [3.63, 3.8) is 0 Å². The largest absolute Gasteiger partial charge is 0.274 e. The van der Waals surface area contributed by atoms with Crippen molar-refractivity contribution in [1.82, 2.24) is 4.90 Å². The molecule has 0 aromatic heterocycles. The first-order chi connectivity index (χ1) is 4.95. The predicted octanol–water partition coefficient (Wildman–Crippen LogP) is 1.41. The molecular formula is C9H21N2+. The van der Waals surface area contributed by atoms with Gasteiger partial charge in [0.15, 0.2) is 0 Å². The van der Waals surface area contributed by atoms with Gasteiger partial charge in [-0.25, -0.2) is 0 Å². The Hall–Kier alpha value is -0.530. The lowest BCUT2D eigenvalue weighted by Gasteiger charge is -2.21. The predicted molar refractivity (Wildman–Crippen MR) is 50.3 cm³/mol. The molecule has 0 heterocycles. The highest BCUT2D eigenvalue weighted by Gasteiger charge is 2.15. The van der Waals surface area contributed by atoms with Crippen LogP contribution in [0.3, 0.4) is 0 Å². The van der Waals surface area contributed by atoms with E-state index in [1.165, 1.54) is 0 Å². The molecule has 0 aromatic carbocycles. The SMILES string of the molecule is CC(C)N(C=[N+](C)C)C(C)C. The lowest BCUT2D eigenvalue weighted by atomic mass is 10.2. The smallest absolute Gasteiger partial charge is 0.234 e. The molecule has 0 bridgehead atoms. The third-order valence-electron chi connectivity index (χ3n) is 1.56. The summed E-state index contributed by atoms with van der Waals surface area (Å²) in [4.78, 5) is 2.33. The molecule has 0 aliphatic heterocycles. The number of rotatable bonds is 3. The van der Waals surface area contributed by atoms with Crippen LogP contribution >= 0.6 is 0 Å². The quantitative estimate of drug-likeness (QED) is 0.341. The van der Waals surface area contributed by atoms with Crippen molar-refractivity contribution in [3.05, 3.63) is 0 Å². The Morgan fingerprint density at radius 1 is 1.00 bits per heavy atom. The van der Waals surface area contributed by atoms with Gasteiger partial charge in [0.25, 0.3) is 0 Å². The summed E-state index contributed by atoms with van der Waals surface area (Å²) in [6, 6.07) is 1.16. The summed E-state index contributed by atoms with van der Waals surface area (Å²) >= 11 is 0. The van der Waals surface area contributed by atoms with Crippen molar-refractivity contribution >= 4 is 6.34 Å². The van der Waals surface area contributed by atoms with Gasteiger partial charge >= 0.3 is 0 Å². The van der Waals surface area contributed by atoms with E-state index in [2.05, 4.69) is 57.6 Å². The van der Waals surface area contributed by atoms with Crippen LogP contribution in [0.25, 0.3) is 0 Å². The second-order valence-electron chi connectivity index (χ2n) is 3.71. The molecular weight excluding hydrogens is 136 g/mol. The van der Waals surface area contributed by atoms with Gasteiger partial charge in [-0.1, -0.05) is 0 Å². The van der Waals surface area contributed by atoms with E-state index in [0.717, 1.165) is 0 Å². The maximum absolute atomic E-state index is 2.33. The highest BCUT2D eigenvalue weighted by atomic mass is 15.2. The van der Waals surface area contributed by atoms with Gasteiger partial charge in [0.05, 0.1) is 26.2 Å². The molecule has 0 rings (SSSR count). The van der Waals surface area contributed by atoms with Gasteiger partial charge in [0, 0.05) is 0 Å². The number of nitrogens with zero attached hydrogens (tertiary/aromatic N) is 2. The summed E-state index contributed by atoms with van der Waals surface area (Å²) in [6.45, 7) is 8.83. The zero-order chi connectivity index (χ0) is 9.02. The maximum atomic E-state index is 2.33. The Labute approximate surface area is 70.5 Å². The average Bonchev–Trinajstić information content (AvgIpc) is 1.81. The van der Waals surface area contributed by atoms with E-state index in [9.17, 15) is 0 Å². The molecule has 0 radical (unpaired) electrons. The standard InChI is InChI=1S/C9H21N2/c1-8(2)11(9(3)4)7-10(5)6/h7-9H,1-6H3/q+1. The van der Waals surface area contributed by atoms with Crippen LogP contribution in [0, 0.1) is 0 Å². The Morgan fingerprint density at radius 3 is 1.45 bits per heavy atom. The monoisotopic (exact) mass is 157 g/mol. The molecule has 2 nitrogen and oxygen atoms in total. The Kier molecular flexibility index (Phi) is 4.16. The average molecular weight is 157 g/mol. The first kappa shape index (κ1) is 10.5. The molecule has 0 aliphatic carbocycles. The first-order valence-electron chi connectivity index (χ1n) is 4.24.